The lowest BCUT2D eigenvalue weighted by Gasteiger charge is -1.99. The summed E-state index contributed by atoms with van der Waals surface area (Å²) >= 11 is 6.96. The average Bonchev–Trinajstić information content (AvgIpc) is 2.99. The molecular weight excluding hydrogens is 302 g/mol. The number of thiazole rings is 1. The molecule has 0 radical (unpaired) electrons. The SMILES string of the molecule is CCOC(=O)Cc1csc(NC(=O)c2cc(Cl)c[nH]2)n1. The van der Waals surface area contributed by atoms with Crippen molar-refractivity contribution in [2.24, 2.45) is 0 Å². The van der Waals surface area contributed by atoms with Crippen LogP contribution < -0.4 is 5.32 Å². The molecule has 0 atom stereocenters. The maximum Gasteiger partial charge on any atom is 0.311 e. The Balaban J connectivity index is 1.95. The molecule has 2 heterocycles. The van der Waals surface area contributed by atoms with Gasteiger partial charge in [-0.25, -0.2) is 4.98 Å². The average molecular weight is 314 g/mol. The molecule has 0 spiro atoms. The van der Waals surface area contributed by atoms with Gasteiger partial charge in [0, 0.05) is 11.6 Å². The number of nitrogens with zero attached hydrogens (tertiary/aromatic N) is 1. The van der Waals surface area contributed by atoms with Crippen molar-refractivity contribution in [1.82, 2.24) is 9.97 Å². The van der Waals surface area contributed by atoms with Crippen LogP contribution in [0.3, 0.4) is 0 Å². The lowest BCUT2D eigenvalue weighted by Crippen LogP contribution is -2.12. The highest BCUT2D eigenvalue weighted by Gasteiger charge is 2.12. The van der Waals surface area contributed by atoms with Crippen LogP contribution in [-0.2, 0) is 16.0 Å². The molecule has 106 valence electrons. The van der Waals surface area contributed by atoms with Crippen molar-refractivity contribution in [3.8, 4) is 0 Å². The number of ether oxygens (including phenoxy) is 1. The van der Waals surface area contributed by atoms with Crippen molar-refractivity contribution >= 4 is 39.9 Å². The minimum Gasteiger partial charge on any atom is -0.466 e. The summed E-state index contributed by atoms with van der Waals surface area (Å²) in [5.41, 5.74) is 0.908. The predicted molar refractivity (Wildman–Crippen MR) is 76.2 cm³/mol. The molecule has 0 unspecified atom stereocenters. The smallest absolute Gasteiger partial charge is 0.311 e. The summed E-state index contributed by atoms with van der Waals surface area (Å²) in [4.78, 5) is 30.0. The number of carbonyl (C=O) groups is 2. The molecule has 1 amide bonds. The Labute approximate surface area is 124 Å². The maximum atomic E-state index is 11.8. The third-order valence-electron chi connectivity index (χ3n) is 2.30. The van der Waals surface area contributed by atoms with Crippen LogP contribution in [0.5, 0.6) is 0 Å². The highest BCUT2D eigenvalue weighted by atomic mass is 35.5. The summed E-state index contributed by atoms with van der Waals surface area (Å²) in [5.74, 6) is -0.680. The van der Waals surface area contributed by atoms with Gasteiger partial charge >= 0.3 is 5.97 Å². The van der Waals surface area contributed by atoms with Gasteiger partial charge in [0.1, 0.15) is 5.69 Å². The van der Waals surface area contributed by atoms with E-state index in [2.05, 4.69) is 15.3 Å². The number of aromatic nitrogens is 2. The number of esters is 1. The van der Waals surface area contributed by atoms with E-state index in [1.165, 1.54) is 23.6 Å². The Morgan fingerprint density at radius 3 is 3.00 bits per heavy atom. The van der Waals surface area contributed by atoms with Crippen LogP contribution in [0.1, 0.15) is 23.1 Å². The summed E-state index contributed by atoms with van der Waals surface area (Å²) in [6.07, 6.45) is 1.61. The molecule has 0 bridgehead atoms. The first-order valence-electron chi connectivity index (χ1n) is 5.83. The fourth-order valence-corrected chi connectivity index (χ4v) is 2.34. The van der Waals surface area contributed by atoms with Gasteiger partial charge in [0.25, 0.3) is 5.91 Å². The van der Waals surface area contributed by atoms with Gasteiger partial charge in [0.15, 0.2) is 5.13 Å². The molecule has 2 rings (SSSR count). The van der Waals surface area contributed by atoms with E-state index in [1.807, 2.05) is 0 Å². The van der Waals surface area contributed by atoms with E-state index in [9.17, 15) is 9.59 Å². The summed E-state index contributed by atoms with van der Waals surface area (Å²) in [7, 11) is 0. The highest BCUT2D eigenvalue weighted by Crippen LogP contribution is 2.18. The molecule has 0 aliphatic heterocycles. The van der Waals surface area contributed by atoms with Gasteiger partial charge in [-0.05, 0) is 13.0 Å². The monoisotopic (exact) mass is 313 g/mol. The Hall–Kier alpha value is -1.86. The molecule has 0 saturated carbocycles. The lowest BCUT2D eigenvalue weighted by molar-refractivity contribution is -0.142. The maximum absolute atomic E-state index is 11.8. The summed E-state index contributed by atoms with van der Waals surface area (Å²) in [6.45, 7) is 2.08. The molecule has 8 heteroatoms. The van der Waals surface area contributed by atoms with Crippen molar-refractivity contribution in [1.29, 1.82) is 0 Å². The molecule has 0 aliphatic carbocycles. The quantitative estimate of drug-likeness (QED) is 0.831. The first-order valence-corrected chi connectivity index (χ1v) is 7.09. The molecule has 2 aromatic rings. The minimum absolute atomic E-state index is 0.0918. The van der Waals surface area contributed by atoms with E-state index in [-0.39, 0.29) is 18.3 Å². The lowest BCUT2D eigenvalue weighted by atomic mass is 10.3. The zero-order valence-corrected chi connectivity index (χ0v) is 12.2. The normalized spacial score (nSPS) is 10.3. The Kier molecular flexibility index (Phi) is 4.75. The van der Waals surface area contributed by atoms with Crippen LogP contribution in [0.15, 0.2) is 17.6 Å². The van der Waals surface area contributed by atoms with Crippen LogP contribution in [0.2, 0.25) is 5.02 Å². The molecule has 2 aromatic heterocycles. The fraction of sp³-hybridized carbons (Fsp3) is 0.250. The van der Waals surface area contributed by atoms with Crippen LogP contribution in [0.25, 0.3) is 0 Å². The van der Waals surface area contributed by atoms with E-state index in [0.717, 1.165) is 0 Å². The summed E-state index contributed by atoms with van der Waals surface area (Å²) in [5, 5.41) is 5.20. The Morgan fingerprint density at radius 2 is 2.35 bits per heavy atom. The number of rotatable bonds is 5. The number of carbonyl (C=O) groups excluding carboxylic acids is 2. The number of hydrogen-bond acceptors (Lipinski definition) is 5. The van der Waals surface area contributed by atoms with Gasteiger partial charge in [-0.15, -0.1) is 11.3 Å². The van der Waals surface area contributed by atoms with Gasteiger partial charge < -0.3 is 9.72 Å². The second-order valence-electron chi connectivity index (χ2n) is 3.81. The summed E-state index contributed by atoms with van der Waals surface area (Å²) < 4.78 is 4.83. The summed E-state index contributed by atoms with van der Waals surface area (Å²) in [6, 6.07) is 1.52. The Bertz CT molecular complexity index is 623. The topological polar surface area (TPSA) is 84.1 Å². The van der Waals surface area contributed by atoms with Crippen LogP contribution >= 0.6 is 22.9 Å². The van der Waals surface area contributed by atoms with Crippen LogP contribution in [0.4, 0.5) is 5.13 Å². The van der Waals surface area contributed by atoms with Crippen molar-refractivity contribution in [2.45, 2.75) is 13.3 Å². The van der Waals surface area contributed by atoms with E-state index in [0.29, 0.717) is 28.1 Å². The Morgan fingerprint density at radius 1 is 1.55 bits per heavy atom. The molecule has 0 aliphatic rings. The first-order chi connectivity index (χ1) is 9.58. The molecule has 20 heavy (non-hydrogen) atoms. The zero-order valence-electron chi connectivity index (χ0n) is 10.6. The largest absolute Gasteiger partial charge is 0.466 e. The van der Waals surface area contributed by atoms with Crippen molar-refractivity contribution in [3.05, 3.63) is 34.1 Å². The highest BCUT2D eigenvalue weighted by molar-refractivity contribution is 7.14. The fourth-order valence-electron chi connectivity index (χ4n) is 1.47. The van der Waals surface area contributed by atoms with Crippen molar-refractivity contribution in [2.75, 3.05) is 11.9 Å². The second-order valence-corrected chi connectivity index (χ2v) is 5.11. The molecule has 0 aromatic carbocycles. The van der Waals surface area contributed by atoms with E-state index in [4.69, 9.17) is 16.3 Å². The van der Waals surface area contributed by atoms with Gasteiger partial charge in [-0.3, -0.25) is 14.9 Å². The van der Waals surface area contributed by atoms with Crippen LogP contribution in [0, 0.1) is 0 Å². The number of hydrogen-bond donors (Lipinski definition) is 2. The van der Waals surface area contributed by atoms with Crippen molar-refractivity contribution in [3.63, 3.8) is 0 Å². The standard InChI is InChI=1S/C12H12ClN3O3S/c1-2-19-10(17)4-8-6-20-12(15-8)16-11(18)9-3-7(13)5-14-9/h3,5-6,14H,2,4H2,1H3,(H,15,16,18). The number of anilines is 1. The number of amides is 1. The van der Waals surface area contributed by atoms with Gasteiger partial charge in [0.05, 0.1) is 23.7 Å². The molecule has 2 N–H and O–H groups in total. The molecule has 0 fully saturated rings. The number of nitrogens with one attached hydrogen (secondary N) is 2. The third-order valence-corrected chi connectivity index (χ3v) is 3.32. The second kappa shape index (κ2) is 6.53. The molecular formula is C12H12ClN3O3S. The van der Waals surface area contributed by atoms with E-state index in [1.54, 1.807) is 12.3 Å². The predicted octanol–water partition coefficient (Wildman–Crippen LogP) is 2.48. The van der Waals surface area contributed by atoms with Gasteiger partial charge in [-0.1, -0.05) is 11.6 Å². The number of halogens is 1. The van der Waals surface area contributed by atoms with E-state index >= 15 is 0 Å². The van der Waals surface area contributed by atoms with Gasteiger partial charge in [-0.2, -0.15) is 0 Å². The number of H-pyrrole nitrogens is 1. The van der Waals surface area contributed by atoms with Crippen molar-refractivity contribution < 1.29 is 14.3 Å². The molecule has 6 nitrogen and oxygen atoms in total. The minimum atomic E-state index is -0.341. The third kappa shape index (κ3) is 3.82. The molecule has 0 saturated heterocycles. The van der Waals surface area contributed by atoms with E-state index < -0.39 is 0 Å². The first kappa shape index (κ1) is 14.5. The van der Waals surface area contributed by atoms with Gasteiger partial charge in [0.2, 0.25) is 0 Å². The number of aromatic amines is 1. The van der Waals surface area contributed by atoms with Crippen LogP contribution in [-0.4, -0.2) is 28.5 Å². The zero-order chi connectivity index (χ0) is 14.5.